The largest absolute Gasteiger partial charge is 0.310 e. The molecule has 0 radical (unpaired) electrons. The molecule has 0 saturated heterocycles. The molecule has 1 unspecified atom stereocenters. The molecule has 1 aromatic rings. The molecule has 0 spiro atoms. The summed E-state index contributed by atoms with van der Waals surface area (Å²) < 4.78 is 13.2. The van der Waals surface area contributed by atoms with E-state index in [2.05, 4.69) is 19.2 Å². The highest BCUT2D eigenvalue weighted by Crippen LogP contribution is 2.30. The molecule has 1 aliphatic rings. The van der Waals surface area contributed by atoms with Crippen molar-refractivity contribution in [1.29, 1.82) is 0 Å². The molecular formula is C17H25ClFN. The Labute approximate surface area is 126 Å². The summed E-state index contributed by atoms with van der Waals surface area (Å²) in [6.45, 7) is 5.46. The summed E-state index contributed by atoms with van der Waals surface area (Å²) in [5.41, 5.74) is 1.05. The van der Waals surface area contributed by atoms with Crippen molar-refractivity contribution in [3.63, 3.8) is 0 Å². The normalized spacial score (nSPS) is 24.6. The Hall–Kier alpha value is -0.600. The van der Waals surface area contributed by atoms with Crippen LogP contribution in [0, 0.1) is 17.7 Å². The Balaban J connectivity index is 1.80. The van der Waals surface area contributed by atoms with Crippen LogP contribution in [-0.4, -0.2) is 6.54 Å². The minimum absolute atomic E-state index is 0.208. The summed E-state index contributed by atoms with van der Waals surface area (Å²) in [7, 11) is 0. The van der Waals surface area contributed by atoms with E-state index in [1.54, 1.807) is 6.07 Å². The summed E-state index contributed by atoms with van der Waals surface area (Å²) in [6, 6.07) is 5.20. The molecule has 0 aromatic heterocycles. The Bertz CT molecular complexity index is 427. The fourth-order valence-electron chi connectivity index (χ4n) is 3.09. The van der Waals surface area contributed by atoms with E-state index in [9.17, 15) is 4.39 Å². The first-order valence-electron chi connectivity index (χ1n) is 7.78. The van der Waals surface area contributed by atoms with Crippen LogP contribution in [0.25, 0.3) is 0 Å². The second-order valence-corrected chi connectivity index (χ2v) is 6.51. The molecule has 1 fully saturated rings. The second kappa shape index (κ2) is 7.42. The van der Waals surface area contributed by atoms with Gasteiger partial charge in [-0.3, -0.25) is 0 Å². The van der Waals surface area contributed by atoms with Gasteiger partial charge < -0.3 is 5.32 Å². The van der Waals surface area contributed by atoms with E-state index in [0.717, 1.165) is 23.9 Å². The van der Waals surface area contributed by atoms with Gasteiger partial charge in [-0.25, -0.2) is 4.39 Å². The number of hydrogen-bond donors (Lipinski definition) is 1. The van der Waals surface area contributed by atoms with Crippen LogP contribution in [0.1, 0.15) is 57.6 Å². The van der Waals surface area contributed by atoms with Crippen molar-refractivity contribution in [2.75, 3.05) is 6.54 Å². The smallest absolute Gasteiger partial charge is 0.141 e. The average Bonchev–Trinajstić information content (AvgIpc) is 2.48. The van der Waals surface area contributed by atoms with Gasteiger partial charge in [0, 0.05) is 6.04 Å². The molecule has 2 rings (SSSR count). The molecule has 0 amide bonds. The van der Waals surface area contributed by atoms with Crippen molar-refractivity contribution in [2.45, 2.75) is 52.0 Å². The van der Waals surface area contributed by atoms with Crippen molar-refractivity contribution in [3.05, 3.63) is 34.6 Å². The molecule has 1 atom stereocenters. The highest BCUT2D eigenvalue weighted by Gasteiger charge is 2.20. The van der Waals surface area contributed by atoms with E-state index in [1.165, 1.54) is 38.2 Å². The number of nitrogens with one attached hydrogen (secondary N) is 1. The van der Waals surface area contributed by atoms with E-state index in [1.807, 2.05) is 6.07 Å². The van der Waals surface area contributed by atoms with Crippen LogP contribution in [-0.2, 0) is 0 Å². The molecule has 1 nitrogen and oxygen atoms in total. The van der Waals surface area contributed by atoms with Gasteiger partial charge in [0.2, 0.25) is 0 Å². The third kappa shape index (κ3) is 4.20. The predicted octanol–water partition coefficient (Wildman–Crippen LogP) is 5.35. The van der Waals surface area contributed by atoms with Crippen LogP contribution < -0.4 is 5.32 Å². The molecule has 1 N–H and O–H groups in total. The predicted molar refractivity (Wildman–Crippen MR) is 83.6 cm³/mol. The van der Waals surface area contributed by atoms with Crippen LogP contribution in [0.2, 0.25) is 5.02 Å². The molecule has 0 heterocycles. The minimum atomic E-state index is -0.347. The lowest BCUT2D eigenvalue weighted by atomic mass is 9.81. The van der Waals surface area contributed by atoms with Gasteiger partial charge in [-0.2, -0.15) is 0 Å². The first-order chi connectivity index (χ1) is 9.60. The van der Waals surface area contributed by atoms with Crippen molar-refractivity contribution in [1.82, 2.24) is 5.32 Å². The maximum absolute atomic E-state index is 13.2. The lowest BCUT2D eigenvalue weighted by molar-refractivity contribution is 0.258. The Morgan fingerprint density at radius 3 is 2.50 bits per heavy atom. The zero-order valence-electron chi connectivity index (χ0n) is 12.5. The third-order valence-corrected chi connectivity index (χ3v) is 4.99. The van der Waals surface area contributed by atoms with E-state index < -0.39 is 0 Å². The quantitative estimate of drug-likeness (QED) is 0.773. The molecule has 3 heteroatoms. The van der Waals surface area contributed by atoms with Crippen LogP contribution in [0.4, 0.5) is 4.39 Å². The summed E-state index contributed by atoms with van der Waals surface area (Å²) >= 11 is 5.84. The second-order valence-electron chi connectivity index (χ2n) is 6.10. The third-order valence-electron chi connectivity index (χ3n) is 4.70. The first-order valence-corrected chi connectivity index (χ1v) is 8.16. The fourth-order valence-corrected chi connectivity index (χ4v) is 3.28. The van der Waals surface area contributed by atoms with E-state index in [4.69, 9.17) is 11.6 Å². The monoisotopic (exact) mass is 297 g/mol. The number of benzene rings is 1. The highest BCUT2D eigenvalue weighted by molar-refractivity contribution is 6.30. The van der Waals surface area contributed by atoms with Crippen LogP contribution >= 0.6 is 11.6 Å². The number of hydrogen-bond acceptors (Lipinski definition) is 1. The van der Waals surface area contributed by atoms with Crippen molar-refractivity contribution in [3.8, 4) is 0 Å². The highest BCUT2D eigenvalue weighted by atomic mass is 35.5. The maximum atomic E-state index is 13.2. The van der Waals surface area contributed by atoms with Gasteiger partial charge in [-0.1, -0.05) is 43.9 Å². The van der Waals surface area contributed by atoms with Crippen LogP contribution in [0.3, 0.4) is 0 Å². The minimum Gasteiger partial charge on any atom is -0.310 e. The van der Waals surface area contributed by atoms with Crippen molar-refractivity contribution >= 4 is 11.6 Å². The zero-order valence-corrected chi connectivity index (χ0v) is 13.2. The summed E-state index contributed by atoms with van der Waals surface area (Å²) in [6.07, 6.45) is 6.74. The van der Waals surface area contributed by atoms with Crippen LogP contribution in [0.15, 0.2) is 18.2 Å². The molecule has 1 aliphatic carbocycles. The summed E-state index contributed by atoms with van der Waals surface area (Å²) in [4.78, 5) is 0. The van der Waals surface area contributed by atoms with Gasteiger partial charge in [-0.15, -0.1) is 0 Å². The molecule has 20 heavy (non-hydrogen) atoms. The lowest BCUT2D eigenvalue weighted by Gasteiger charge is -2.29. The van der Waals surface area contributed by atoms with Gasteiger partial charge in [0.05, 0.1) is 5.02 Å². The Morgan fingerprint density at radius 1 is 1.25 bits per heavy atom. The van der Waals surface area contributed by atoms with Gasteiger partial charge >= 0.3 is 0 Å². The van der Waals surface area contributed by atoms with E-state index in [0.29, 0.717) is 0 Å². The number of rotatable bonds is 5. The maximum Gasteiger partial charge on any atom is 0.141 e. The summed E-state index contributed by atoms with van der Waals surface area (Å²) in [5, 5.41) is 3.78. The van der Waals surface area contributed by atoms with Crippen molar-refractivity contribution in [2.24, 2.45) is 11.8 Å². The average molecular weight is 298 g/mol. The van der Waals surface area contributed by atoms with E-state index >= 15 is 0 Å². The van der Waals surface area contributed by atoms with Gasteiger partial charge in [0.15, 0.2) is 0 Å². The Morgan fingerprint density at radius 2 is 1.90 bits per heavy atom. The molecule has 1 aromatic carbocycles. The Kier molecular flexibility index (Phi) is 5.86. The molecule has 0 bridgehead atoms. The van der Waals surface area contributed by atoms with Crippen molar-refractivity contribution < 1.29 is 4.39 Å². The van der Waals surface area contributed by atoms with Gasteiger partial charge in [-0.05, 0) is 55.8 Å². The van der Waals surface area contributed by atoms with E-state index in [-0.39, 0.29) is 16.9 Å². The van der Waals surface area contributed by atoms with Crippen LogP contribution in [0.5, 0.6) is 0 Å². The number of halogens is 2. The summed E-state index contributed by atoms with van der Waals surface area (Å²) in [5.74, 6) is 1.39. The molecule has 112 valence electrons. The molecule has 0 aliphatic heterocycles. The molecular weight excluding hydrogens is 273 g/mol. The SMILES string of the molecule is CCC1CCC(CNC(C)c2ccc(F)c(Cl)c2)CC1. The molecule has 1 saturated carbocycles. The first kappa shape index (κ1) is 15.8. The topological polar surface area (TPSA) is 12.0 Å². The standard InChI is InChI=1S/C17H25ClFN/c1-3-13-4-6-14(7-5-13)11-20-12(2)15-8-9-17(19)16(18)10-15/h8-10,12-14,20H,3-7,11H2,1-2H3. The lowest BCUT2D eigenvalue weighted by Crippen LogP contribution is -2.28. The zero-order chi connectivity index (χ0) is 14.5. The van der Waals surface area contributed by atoms with Gasteiger partial charge in [0.1, 0.15) is 5.82 Å². The van der Waals surface area contributed by atoms with Gasteiger partial charge in [0.25, 0.3) is 0 Å². The fraction of sp³-hybridized carbons (Fsp3) is 0.647.